The van der Waals surface area contributed by atoms with Crippen LogP contribution in [-0.4, -0.2) is 19.9 Å². The van der Waals surface area contributed by atoms with Crippen molar-refractivity contribution in [3.8, 4) is 0 Å². The van der Waals surface area contributed by atoms with E-state index >= 15 is 0 Å². The minimum atomic E-state index is -0.373. The van der Waals surface area contributed by atoms with Crippen LogP contribution in [0.1, 0.15) is 49.0 Å². The predicted molar refractivity (Wildman–Crippen MR) is 76.7 cm³/mol. The maximum absolute atomic E-state index is 13.8. The number of hydrogen-bond donors (Lipinski definition) is 1. The molecule has 21 heavy (non-hydrogen) atoms. The van der Waals surface area contributed by atoms with Crippen molar-refractivity contribution in [2.45, 2.75) is 54.3 Å². The Hall–Kier alpha value is -1.40. The number of hydrogen-bond acceptors (Lipinski definition) is 4. The lowest BCUT2D eigenvalue weighted by atomic mass is 10.2. The Labute approximate surface area is 126 Å². The molecule has 110 valence electrons. The zero-order valence-electron chi connectivity index (χ0n) is 11.5. The van der Waals surface area contributed by atoms with Gasteiger partial charge in [0.1, 0.15) is 11.6 Å². The van der Waals surface area contributed by atoms with Gasteiger partial charge >= 0.3 is 0 Å². The summed E-state index contributed by atoms with van der Waals surface area (Å²) in [5.74, 6) is 1.27. The normalized spacial score (nSPS) is 18.2. The molecule has 1 heterocycles. The number of halogens is 1. The largest absolute Gasteiger partial charge is 0.392 e. The van der Waals surface area contributed by atoms with Gasteiger partial charge in [-0.25, -0.2) is 4.39 Å². The van der Waals surface area contributed by atoms with Crippen molar-refractivity contribution >= 4 is 11.8 Å². The average molecular weight is 305 g/mol. The third kappa shape index (κ3) is 2.46. The van der Waals surface area contributed by atoms with Gasteiger partial charge in [-0.1, -0.05) is 6.07 Å². The molecular formula is C15H16FN3OS. The Morgan fingerprint density at radius 2 is 2.05 bits per heavy atom. The van der Waals surface area contributed by atoms with E-state index in [9.17, 15) is 9.50 Å². The van der Waals surface area contributed by atoms with Gasteiger partial charge in [-0.05, 0) is 49.6 Å². The molecule has 0 amide bonds. The molecule has 2 aliphatic rings. The predicted octanol–water partition coefficient (Wildman–Crippen LogP) is 3.27. The van der Waals surface area contributed by atoms with Gasteiger partial charge in [-0.3, -0.25) is 0 Å². The summed E-state index contributed by atoms with van der Waals surface area (Å²) in [5, 5.41) is 18.9. The fraction of sp³-hybridized carbons (Fsp3) is 0.467. The van der Waals surface area contributed by atoms with Gasteiger partial charge in [-0.15, -0.1) is 10.2 Å². The summed E-state index contributed by atoms with van der Waals surface area (Å²) in [6.45, 7) is -0.304. The number of nitrogens with zero attached hydrogens (tertiary/aromatic N) is 3. The van der Waals surface area contributed by atoms with Crippen LogP contribution in [0.15, 0.2) is 28.3 Å². The fourth-order valence-corrected chi connectivity index (χ4v) is 3.59. The van der Waals surface area contributed by atoms with E-state index in [0.717, 1.165) is 11.0 Å². The minimum absolute atomic E-state index is 0.304. The van der Waals surface area contributed by atoms with Crippen LogP contribution in [0.25, 0.3) is 0 Å². The van der Waals surface area contributed by atoms with Gasteiger partial charge in [0.15, 0.2) is 5.16 Å². The monoisotopic (exact) mass is 305 g/mol. The third-order valence-corrected chi connectivity index (χ3v) is 5.04. The van der Waals surface area contributed by atoms with Gasteiger partial charge in [0.25, 0.3) is 0 Å². The first-order chi connectivity index (χ1) is 10.3. The van der Waals surface area contributed by atoms with Crippen molar-refractivity contribution in [1.29, 1.82) is 0 Å². The van der Waals surface area contributed by atoms with E-state index in [0.29, 0.717) is 22.4 Å². The Morgan fingerprint density at radius 3 is 2.71 bits per heavy atom. The highest BCUT2D eigenvalue weighted by Gasteiger charge is 2.36. The fourth-order valence-electron chi connectivity index (χ4n) is 2.54. The highest BCUT2D eigenvalue weighted by molar-refractivity contribution is 7.99. The van der Waals surface area contributed by atoms with E-state index in [2.05, 4.69) is 14.8 Å². The molecule has 2 saturated carbocycles. The van der Waals surface area contributed by atoms with Gasteiger partial charge < -0.3 is 9.67 Å². The molecular weight excluding hydrogens is 289 g/mol. The molecule has 0 bridgehead atoms. The lowest BCUT2D eigenvalue weighted by Crippen LogP contribution is -2.02. The smallest absolute Gasteiger partial charge is 0.196 e. The molecule has 2 aromatic rings. The molecule has 1 aromatic carbocycles. The molecule has 1 N–H and O–H groups in total. The highest BCUT2D eigenvalue weighted by atomic mass is 32.2. The standard InChI is InChI=1S/C15H16FN3OS/c16-12-2-1-3-13(11(12)8-20)21-15-18-17-14(9-4-5-9)19(15)10-6-7-10/h1-3,9-10,20H,4-8H2. The van der Waals surface area contributed by atoms with Crippen LogP contribution < -0.4 is 0 Å². The van der Waals surface area contributed by atoms with E-state index in [4.69, 9.17) is 0 Å². The van der Waals surface area contributed by atoms with Crippen molar-refractivity contribution in [1.82, 2.24) is 14.8 Å². The first-order valence-corrected chi connectivity index (χ1v) is 8.10. The van der Waals surface area contributed by atoms with Gasteiger partial charge in [0, 0.05) is 22.4 Å². The summed E-state index contributed by atoms with van der Waals surface area (Å²) in [5.41, 5.74) is 0.334. The molecule has 4 nitrogen and oxygen atoms in total. The van der Waals surface area contributed by atoms with Gasteiger partial charge in [-0.2, -0.15) is 0 Å². The van der Waals surface area contributed by atoms with Gasteiger partial charge in [0.05, 0.1) is 6.61 Å². The Bertz CT molecular complexity index is 680. The lowest BCUT2D eigenvalue weighted by molar-refractivity contribution is 0.272. The van der Waals surface area contributed by atoms with Crippen LogP contribution in [0, 0.1) is 5.82 Å². The Morgan fingerprint density at radius 1 is 1.24 bits per heavy atom. The molecule has 2 fully saturated rings. The second kappa shape index (κ2) is 5.10. The Balaban J connectivity index is 1.70. The number of rotatable bonds is 5. The molecule has 1 aromatic heterocycles. The van der Waals surface area contributed by atoms with Crippen molar-refractivity contribution in [2.75, 3.05) is 0 Å². The number of aliphatic hydroxyl groups excluding tert-OH is 1. The number of benzene rings is 1. The second-order valence-corrected chi connectivity index (χ2v) is 6.70. The maximum atomic E-state index is 13.8. The van der Waals surface area contributed by atoms with Crippen LogP contribution >= 0.6 is 11.8 Å². The summed E-state index contributed by atoms with van der Waals surface area (Å²) < 4.78 is 16.0. The minimum Gasteiger partial charge on any atom is -0.392 e. The SMILES string of the molecule is OCc1c(F)cccc1Sc1nnc(C2CC2)n1C1CC1. The maximum Gasteiger partial charge on any atom is 0.196 e. The summed E-state index contributed by atoms with van der Waals surface area (Å²) in [7, 11) is 0. The van der Waals surface area contributed by atoms with Crippen molar-refractivity contribution < 1.29 is 9.50 Å². The first-order valence-electron chi connectivity index (χ1n) is 7.29. The summed E-state index contributed by atoms with van der Waals surface area (Å²) >= 11 is 1.40. The molecule has 0 unspecified atom stereocenters. The summed E-state index contributed by atoms with van der Waals surface area (Å²) in [6.07, 6.45) is 4.72. The summed E-state index contributed by atoms with van der Waals surface area (Å²) in [4.78, 5) is 0.717. The molecule has 0 radical (unpaired) electrons. The van der Waals surface area contributed by atoms with Gasteiger partial charge in [0.2, 0.25) is 0 Å². The van der Waals surface area contributed by atoms with Crippen LogP contribution in [0.4, 0.5) is 4.39 Å². The van der Waals surface area contributed by atoms with Crippen molar-refractivity contribution in [3.05, 3.63) is 35.4 Å². The van der Waals surface area contributed by atoms with E-state index in [-0.39, 0.29) is 12.4 Å². The van der Waals surface area contributed by atoms with E-state index < -0.39 is 0 Å². The number of aromatic nitrogens is 3. The second-order valence-electron chi connectivity index (χ2n) is 5.69. The molecule has 4 rings (SSSR count). The van der Waals surface area contributed by atoms with E-state index in [1.165, 1.54) is 43.5 Å². The van der Waals surface area contributed by atoms with Crippen LogP contribution in [0.2, 0.25) is 0 Å². The summed E-state index contributed by atoms with van der Waals surface area (Å²) in [6, 6.07) is 5.36. The molecule has 0 aliphatic heterocycles. The van der Waals surface area contributed by atoms with Crippen LogP contribution in [-0.2, 0) is 6.61 Å². The van der Waals surface area contributed by atoms with Crippen molar-refractivity contribution in [2.24, 2.45) is 0 Å². The zero-order valence-corrected chi connectivity index (χ0v) is 12.3. The first kappa shape index (κ1) is 13.3. The molecule has 6 heteroatoms. The van der Waals surface area contributed by atoms with E-state index in [1.54, 1.807) is 6.07 Å². The average Bonchev–Trinajstić information content (AvgIpc) is 3.39. The number of aliphatic hydroxyl groups is 1. The topological polar surface area (TPSA) is 50.9 Å². The third-order valence-electron chi connectivity index (χ3n) is 3.98. The van der Waals surface area contributed by atoms with Crippen LogP contribution in [0.3, 0.4) is 0 Å². The Kier molecular flexibility index (Phi) is 3.23. The molecule has 0 spiro atoms. The quantitative estimate of drug-likeness (QED) is 0.921. The molecule has 0 saturated heterocycles. The molecule has 0 atom stereocenters. The van der Waals surface area contributed by atoms with Crippen LogP contribution in [0.5, 0.6) is 0 Å². The highest BCUT2D eigenvalue weighted by Crippen LogP contribution is 2.47. The lowest BCUT2D eigenvalue weighted by Gasteiger charge is -2.10. The van der Waals surface area contributed by atoms with E-state index in [1.807, 2.05) is 6.07 Å². The van der Waals surface area contributed by atoms with Crippen molar-refractivity contribution in [3.63, 3.8) is 0 Å². The zero-order chi connectivity index (χ0) is 14.4. The molecule has 2 aliphatic carbocycles.